The van der Waals surface area contributed by atoms with Crippen LogP contribution in [0.2, 0.25) is 0 Å². The van der Waals surface area contributed by atoms with Crippen molar-refractivity contribution in [3.05, 3.63) is 90.0 Å². The molecule has 2 amide bonds. The zero-order chi connectivity index (χ0) is 20.2. The maximum Gasteiger partial charge on any atom is 0.259 e. The number of methoxy groups -OCH3 is 1. The fraction of sp³-hybridized carbons (Fsp3) is 0.130. The molecule has 1 aliphatic heterocycles. The molecule has 4 rings (SSSR count). The molecule has 1 fully saturated rings. The van der Waals surface area contributed by atoms with Crippen molar-refractivity contribution in [3.8, 4) is 5.75 Å². The fourth-order valence-corrected chi connectivity index (χ4v) is 4.48. The molecule has 0 radical (unpaired) electrons. The number of carbonyl (C=O) groups excluding carboxylic acids is 2. The Labute approximate surface area is 173 Å². The maximum atomic E-state index is 12.6. The van der Waals surface area contributed by atoms with Crippen LogP contribution in [-0.2, 0) is 4.79 Å². The van der Waals surface area contributed by atoms with E-state index in [9.17, 15) is 9.59 Å². The quantitative estimate of drug-likeness (QED) is 0.668. The molecule has 29 heavy (non-hydrogen) atoms. The van der Waals surface area contributed by atoms with Crippen LogP contribution >= 0.6 is 11.8 Å². The number of carbonyl (C=O) groups is 2. The Bertz CT molecular complexity index is 1020. The summed E-state index contributed by atoms with van der Waals surface area (Å²) in [4.78, 5) is 26.8. The molecule has 0 saturated carbocycles. The topological polar surface area (TPSA) is 58.6 Å². The van der Waals surface area contributed by atoms with E-state index in [1.54, 1.807) is 37.1 Å². The van der Waals surface area contributed by atoms with Crippen LogP contribution in [0.1, 0.15) is 21.3 Å². The van der Waals surface area contributed by atoms with Crippen LogP contribution in [-0.4, -0.2) is 24.7 Å². The van der Waals surface area contributed by atoms with Gasteiger partial charge in [-0.05, 0) is 42.0 Å². The first-order chi connectivity index (χ1) is 14.2. The first-order valence-corrected chi connectivity index (χ1v) is 10.3. The van der Waals surface area contributed by atoms with E-state index < -0.39 is 0 Å². The largest absolute Gasteiger partial charge is 0.496 e. The van der Waals surface area contributed by atoms with Crippen molar-refractivity contribution >= 4 is 35.0 Å². The van der Waals surface area contributed by atoms with Gasteiger partial charge in [-0.25, -0.2) is 0 Å². The summed E-state index contributed by atoms with van der Waals surface area (Å²) in [6, 6.07) is 24.4. The lowest BCUT2D eigenvalue weighted by molar-refractivity contribution is -0.115. The van der Waals surface area contributed by atoms with Gasteiger partial charge in [-0.3, -0.25) is 14.5 Å². The predicted octanol–water partition coefficient (Wildman–Crippen LogP) is 4.73. The Kier molecular flexibility index (Phi) is 5.53. The highest BCUT2D eigenvalue weighted by Gasteiger charge is 2.33. The van der Waals surface area contributed by atoms with Gasteiger partial charge in [0.25, 0.3) is 5.91 Å². The number of benzene rings is 3. The number of hydrogen-bond donors (Lipinski definition) is 1. The normalized spacial score (nSPS) is 16.0. The molecule has 0 aromatic heterocycles. The highest BCUT2D eigenvalue weighted by atomic mass is 32.2. The van der Waals surface area contributed by atoms with E-state index in [1.165, 1.54) is 0 Å². The molecule has 1 N–H and O–H groups in total. The number of nitrogens with one attached hydrogen (secondary N) is 1. The van der Waals surface area contributed by atoms with Gasteiger partial charge in [0.05, 0.1) is 18.4 Å². The molecule has 1 saturated heterocycles. The second-order valence-corrected chi connectivity index (χ2v) is 7.61. The van der Waals surface area contributed by atoms with Gasteiger partial charge in [-0.1, -0.05) is 42.5 Å². The molecule has 3 aromatic rings. The molecule has 146 valence electrons. The molecule has 6 heteroatoms. The average Bonchev–Trinajstić information content (AvgIpc) is 3.16. The molecule has 0 aliphatic carbocycles. The molecular formula is C23H20N2O3S. The Morgan fingerprint density at radius 2 is 1.69 bits per heavy atom. The fourth-order valence-electron chi connectivity index (χ4n) is 3.30. The second kappa shape index (κ2) is 8.41. The summed E-state index contributed by atoms with van der Waals surface area (Å²) in [5.41, 5.74) is 3.07. The van der Waals surface area contributed by atoms with E-state index >= 15 is 0 Å². The second-order valence-electron chi connectivity index (χ2n) is 6.54. The van der Waals surface area contributed by atoms with E-state index in [4.69, 9.17) is 4.74 Å². The van der Waals surface area contributed by atoms with Crippen LogP contribution in [0.5, 0.6) is 5.75 Å². The van der Waals surface area contributed by atoms with Gasteiger partial charge in [0.15, 0.2) is 0 Å². The van der Waals surface area contributed by atoms with Crippen molar-refractivity contribution in [2.75, 3.05) is 23.1 Å². The number of thioether (sulfide) groups is 1. The highest BCUT2D eigenvalue weighted by molar-refractivity contribution is 8.00. The number of anilines is 2. The Hall–Kier alpha value is -3.25. The van der Waals surface area contributed by atoms with E-state index in [1.807, 2.05) is 65.6 Å². The summed E-state index contributed by atoms with van der Waals surface area (Å²) in [5, 5.41) is 2.82. The van der Waals surface area contributed by atoms with Crippen LogP contribution in [0.25, 0.3) is 0 Å². The Balaban J connectivity index is 1.52. The number of rotatable bonds is 5. The van der Waals surface area contributed by atoms with E-state index in [0.29, 0.717) is 22.8 Å². The van der Waals surface area contributed by atoms with Gasteiger partial charge in [0, 0.05) is 11.4 Å². The van der Waals surface area contributed by atoms with E-state index in [0.717, 1.165) is 11.3 Å². The predicted molar refractivity (Wildman–Crippen MR) is 117 cm³/mol. The molecule has 5 nitrogen and oxygen atoms in total. The van der Waals surface area contributed by atoms with Crippen LogP contribution < -0.4 is 15.0 Å². The summed E-state index contributed by atoms with van der Waals surface area (Å²) >= 11 is 1.60. The number of para-hydroxylation sites is 2. The lowest BCUT2D eigenvalue weighted by atomic mass is 10.1. The van der Waals surface area contributed by atoms with Crippen molar-refractivity contribution in [2.24, 2.45) is 0 Å². The van der Waals surface area contributed by atoms with Crippen molar-refractivity contribution in [2.45, 2.75) is 5.37 Å². The third kappa shape index (κ3) is 3.98. The molecule has 1 heterocycles. The van der Waals surface area contributed by atoms with Crippen LogP contribution in [0, 0.1) is 0 Å². The van der Waals surface area contributed by atoms with Gasteiger partial charge >= 0.3 is 0 Å². The first kappa shape index (κ1) is 19.1. The number of hydrogen-bond acceptors (Lipinski definition) is 4. The number of ether oxygens (including phenoxy) is 1. The van der Waals surface area contributed by atoms with Gasteiger partial charge in [-0.15, -0.1) is 11.8 Å². The van der Waals surface area contributed by atoms with Crippen LogP contribution in [0.3, 0.4) is 0 Å². The third-order valence-corrected chi connectivity index (χ3v) is 5.92. The smallest absolute Gasteiger partial charge is 0.259 e. The summed E-state index contributed by atoms with van der Waals surface area (Å²) in [7, 11) is 1.54. The zero-order valence-corrected chi connectivity index (χ0v) is 16.7. The molecule has 0 bridgehead atoms. The third-order valence-electron chi connectivity index (χ3n) is 4.71. The van der Waals surface area contributed by atoms with Crippen molar-refractivity contribution in [1.29, 1.82) is 0 Å². The molecule has 0 unspecified atom stereocenters. The molecule has 3 aromatic carbocycles. The molecular weight excluding hydrogens is 384 g/mol. The maximum absolute atomic E-state index is 12.6. The van der Waals surface area contributed by atoms with Crippen molar-refractivity contribution in [1.82, 2.24) is 0 Å². The Morgan fingerprint density at radius 3 is 2.41 bits per heavy atom. The summed E-state index contributed by atoms with van der Waals surface area (Å²) in [6.07, 6.45) is 0. The molecule has 0 spiro atoms. The molecule has 1 atom stereocenters. The zero-order valence-electron chi connectivity index (χ0n) is 15.9. The number of nitrogens with zero attached hydrogens (tertiary/aromatic N) is 1. The van der Waals surface area contributed by atoms with Gasteiger partial charge in [-0.2, -0.15) is 0 Å². The van der Waals surface area contributed by atoms with Crippen LogP contribution in [0.4, 0.5) is 11.4 Å². The van der Waals surface area contributed by atoms with E-state index in [-0.39, 0.29) is 17.2 Å². The minimum Gasteiger partial charge on any atom is -0.496 e. The summed E-state index contributed by atoms with van der Waals surface area (Å²) in [5.74, 6) is 0.846. The van der Waals surface area contributed by atoms with Gasteiger partial charge in [0.1, 0.15) is 11.1 Å². The lowest BCUT2D eigenvalue weighted by Gasteiger charge is -2.24. The SMILES string of the molecule is COc1ccccc1C(=O)Nc1ccc([C@H]2SCC(=O)N2c2ccccc2)cc1. The minimum absolute atomic E-state index is 0.0798. The monoisotopic (exact) mass is 404 g/mol. The number of amides is 2. The minimum atomic E-state index is -0.230. The highest BCUT2D eigenvalue weighted by Crippen LogP contribution is 2.41. The lowest BCUT2D eigenvalue weighted by Crippen LogP contribution is -2.27. The van der Waals surface area contributed by atoms with Gasteiger partial charge < -0.3 is 10.1 Å². The first-order valence-electron chi connectivity index (χ1n) is 9.20. The van der Waals surface area contributed by atoms with Crippen molar-refractivity contribution in [3.63, 3.8) is 0 Å². The molecule has 1 aliphatic rings. The summed E-state index contributed by atoms with van der Waals surface area (Å²) in [6.45, 7) is 0. The standard InChI is InChI=1S/C23H20N2O3S/c1-28-20-10-6-5-9-19(20)22(27)24-17-13-11-16(12-14-17)23-25(21(26)15-29-23)18-7-3-2-4-8-18/h2-14,23H,15H2,1H3,(H,24,27)/t23-/m1/s1. The average molecular weight is 404 g/mol. The van der Waals surface area contributed by atoms with Crippen LogP contribution in [0.15, 0.2) is 78.9 Å². The van der Waals surface area contributed by atoms with E-state index in [2.05, 4.69) is 5.32 Å². The van der Waals surface area contributed by atoms with Crippen molar-refractivity contribution < 1.29 is 14.3 Å². The Morgan fingerprint density at radius 1 is 1.00 bits per heavy atom. The van der Waals surface area contributed by atoms with Gasteiger partial charge in [0.2, 0.25) is 5.91 Å². The summed E-state index contributed by atoms with van der Waals surface area (Å²) < 4.78 is 5.25.